The van der Waals surface area contributed by atoms with Gasteiger partial charge >= 0.3 is 5.97 Å². The summed E-state index contributed by atoms with van der Waals surface area (Å²) in [4.78, 5) is 43.9. The number of fused-ring (bicyclic) bond motifs is 3. The van der Waals surface area contributed by atoms with Crippen LogP contribution in [0.2, 0.25) is 0 Å². The van der Waals surface area contributed by atoms with Crippen LogP contribution in [0.15, 0.2) is 11.1 Å². The Morgan fingerprint density at radius 1 is 1.46 bits per heavy atom. The Kier molecular flexibility index (Phi) is 6.17. The fourth-order valence-corrected chi connectivity index (χ4v) is 4.99. The summed E-state index contributed by atoms with van der Waals surface area (Å²) < 4.78 is 6.12. The van der Waals surface area contributed by atoms with Gasteiger partial charge in [-0.1, -0.05) is 27.2 Å². The van der Waals surface area contributed by atoms with E-state index in [-0.39, 0.29) is 18.0 Å². The van der Waals surface area contributed by atoms with Crippen molar-refractivity contribution in [1.82, 2.24) is 14.9 Å². The van der Waals surface area contributed by atoms with Crippen molar-refractivity contribution in [2.45, 2.75) is 59.0 Å². The Bertz CT molecular complexity index is 949. The zero-order valence-corrected chi connectivity index (χ0v) is 17.6. The summed E-state index contributed by atoms with van der Waals surface area (Å²) in [6.45, 7) is 5.86. The van der Waals surface area contributed by atoms with Crippen LogP contribution in [0.5, 0.6) is 0 Å². The van der Waals surface area contributed by atoms with E-state index in [0.717, 1.165) is 29.7 Å². The number of aromatic nitrogens is 2. The van der Waals surface area contributed by atoms with E-state index in [1.54, 1.807) is 11.3 Å². The Balaban J connectivity index is 1.84. The van der Waals surface area contributed by atoms with E-state index >= 15 is 0 Å². The largest absolute Gasteiger partial charge is 0.467 e. The first kappa shape index (κ1) is 20.5. The van der Waals surface area contributed by atoms with E-state index in [0.29, 0.717) is 17.7 Å². The highest BCUT2D eigenvalue weighted by molar-refractivity contribution is 7.18. The molecule has 2 aromatic heterocycles. The lowest BCUT2D eigenvalue weighted by Crippen LogP contribution is -2.47. The average Bonchev–Trinajstić information content (AvgIpc) is 3.05. The number of esters is 1. The van der Waals surface area contributed by atoms with Gasteiger partial charge in [0.15, 0.2) is 0 Å². The molecule has 0 aromatic carbocycles. The molecule has 0 aliphatic heterocycles. The van der Waals surface area contributed by atoms with Gasteiger partial charge in [-0.25, -0.2) is 9.78 Å². The first-order valence-corrected chi connectivity index (χ1v) is 10.5. The number of amides is 1. The molecular weight excluding hydrogens is 378 g/mol. The lowest BCUT2D eigenvalue weighted by atomic mass is 9.89. The highest BCUT2D eigenvalue weighted by atomic mass is 32.1. The number of thiophene rings is 1. The normalized spacial score (nSPS) is 18.4. The topological polar surface area (TPSA) is 90.3 Å². The van der Waals surface area contributed by atoms with Gasteiger partial charge in [-0.15, -0.1) is 11.3 Å². The lowest BCUT2D eigenvalue weighted by molar-refractivity contribution is -0.146. The van der Waals surface area contributed by atoms with Crippen LogP contribution in [-0.2, 0) is 33.7 Å². The molecule has 0 unspecified atom stereocenters. The van der Waals surface area contributed by atoms with Gasteiger partial charge in [0, 0.05) is 4.88 Å². The highest BCUT2D eigenvalue weighted by Crippen LogP contribution is 2.35. The number of nitrogens with one attached hydrogen (secondary N) is 1. The Labute approximate surface area is 168 Å². The summed E-state index contributed by atoms with van der Waals surface area (Å²) in [5.74, 6) is -0.342. The SMILES string of the molecule is CC[C@@H](C)[C@H](NC(=O)Cn1cnc2sc3c(c2c1=O)CC[C@@H](C)C3)C(=O)OC. The van der Waals surface area contributed by atoms with Crippen LogP contribution in [0, 0.1) is 11.8 Å². The molecule has 0 saturated heterocycles. The third kappa shape index (κ3) is 3.97. The second kappa shape index (κ2) is 8.43. The van der Waals surface area contributed by atoms with Crippen molar-refractivity contribution < 1.29 is 14.3 Å². The molecule has 152 valence electrons. The van der Waals surface area contributed by atoms with E-state index in [1.807, 2.05) is 13.8 Å². The number of hydrogen-bond acceptors (Lipinski definition) is 6. The Morgan fingerprint density at radius 3 is 2.89 bits per heavy atom. The standard InChI is InChI=1S/C20H27N3O4S/c1-5-12(3)17(20(26)27-4)22-15(24)9-23-10-21-18-16(19(23)25)13-7-6-11(2)8-14(13)28-18/h10-12,17H,5-9H2,1-4H3,(H,22,24)/t11-,12-,17+/m1/s1. The number of rotatable bonds is 6. The first-order chi connectivity index (χ1) is 13.3. The minimum atomic E-state index is -0.731. The summed E-state index contributed by atoms with van der Waals surface area (Å²) in [7, 11) is 1.30. The van der Waals surface area contributed by atoms with Gasteiger partial charge in [0.25, 0.3) is 5.56 Å². The van der Waals surface area contributed by atoms with Crippen molar-refractivity contribution in [3.8, 4) is 0 Å². The Hall–Kier alpha value is -2.22. The number of carbonyl (C=O) groups excluding carboxylic acids is 2. The molecular formula is C20H27N3O4S. The molecule has 0 spiro atoms. The number of ether oxygens (including phenoxy) is 1. The third-order valence-electron chi connectivity index (χ3n) is 5.58. The number of nitrogens with zero attached hydrogens (tertiary/aromatic N) is 2. The first-order valence-electron chi connectivity index (χ1n) is 9.72. The fourth-order valence-electron chi connectivity index (χ4n) is 3.65. The molecule has 28 heavy (non-hydrogen) atoms. The molecule has 3 atom stereocenters. The molecule has 3 rings (SSSR count). The summed E-state index contributed by atoms with van der Waals surface area (Å²) in [5, 5.41) is 3.35. The smallest absolute Gasteiger partial charge is 0.328 e. The van der Waals surface area contributed by atoms with Gasteiger partial charge in [0.05, 0.1) is 18.8 Å². The third-order valence-corrected chi connectivity index (χ3v) is 6.74. The summed E-state index contributed by atoms with van der Waals surface area (Å²) in [5.41, 5.74) is 0.905. The molecule has 1 N–H and O–H groups in total. The van der Waals surface area contributed by atoms with Crippen LogP contribution >= 0.6 is 11.3 Å². The molecule has 0 bridgehead atoms. The number of aryl methyl sites for hydroxylation is 1. The molecule has 1 aliphatic rings. The van der Waals surface area contributed by atoms with Crippen LogP contribution in [0.3, 0.4) is 0 Å². The minimum Gasteiger partial charge on any atom is -0.467 e. The van der Waals surface area contributed by atoms with Crippen LogP contribution in [0.1, 0.15) is 44.1 Å². The summed E-state index contributed by atoms with van der Waals surface area (Å²) in [6.07, 6.45) is 5.05. The zero-order valence-electron chi connectivity index (χ0n) is 16.8. The van der Waals surface area contributed by atoms with Gasteiger partial charge < -0.3 is 10.1 Å². The molecule has 8 heteroatoms. The maximum absolute atomic E-state index is 13.0. The molecule has 2 aromatic rings. The molecule has 0 fully saturated rings. The zero-order chi connectivity index (χ0) is 20.4. The average molecular weight is 406 g/mol. The second-order valence-electron chi connectivity index (χ2n) is 7.66. The molecule has 1 aliphatic carbocycles. The Morgan fingerprint density at radius 2 is 2.21 bits per heavy atom. The number of hydrogen-bond donors (Lipinski definition) is 1. The second-order valence-corrected chi connectivity index (χ2v) is 8.75. The predicted molar refractivity (Wildman–Crippen MR) is 108 cm³/mol. The van der Waals surface area contributed by atoms with Crippen LogP contribution in [0.4, 0.5) is 0 Å². The summed E-state index contributed by atoms with van der Waals surface area (Å²) in [6, 6.07) is -0.731. The summed E-state index contributed by atoms with van der Waals surface area (Å²) >= 11 is 1.58. The van der Waals surface area contributed by atoms with Gasteiger partial charge in [-0.3, -0.25) is 14.2 Å². The maximum atomic E-state index is 13.0. The van der Waals surface area contributed by atoms with Crippen molar-refractivity contribution >= 4 is 33.4 Å². The molecule has 0 saturated carbocycles. The van der Waals surface area contributed by atoms with Crippen molar-refractivity contribution in [3.63, 3.8) is 0 Å². The van der Waals surface area contributed by atoms with Gasteiger partial charge in [0.1, 0.15) is 17.4 Å². The fraction of sp³-hybridized carbons (Fsp3) is 0.600. The van der Waals surface area contributed by atoms with Gasteiger partial charge in [-0.2, -0.15) is 0 Å². The maximum Gasteiger partial charge on any atom is 0.328 e. The van der Waals surface area contributed by atoms with E-state index in [1.165, 1.54) is 22.9 Å². The molecule has 7 nitrogen and oxygen atoms in total. The van der Waals surface area contributed by atoms with Crippen LogP contribution in [-0.4, -0.2) is 34.6 Å². The molecule has 1 amide bonds. The van der Waals surface area contributed by atoms with Crippen LogP contribution in [0.25, 0.3) is 10.2 Å². The monoisotopic (exact) mass is 405 g/mol. The predicted octanol–water partition coefficient (Wildman–Crippen LogP) is 2.29. The highest BCUT2D eigenvalue weighted by Gasteiger charge is 2.27. The van der Waals surface area contributed by atoms with Crippen molar-refractivity contribution in [3.05, 3.63) is 27.1 Å². The number of methoxy groups -OCH3 is 1. The van der Waals surface area contributed by atoms with Gasteiger partial charge in [-0.05, 0) is 36.7 Å². The lowest BCUT2D eigenvalue weighted by Gasteiger charge is -2.22. The van der Waals surface area contributed by atoms with Crippen molar-refractivity contribution in [1.29, 1.82) is 0 Å². The van der Waals surface area contributed by atoms with Crippen molar-refractivity contribution in [2.24, 2.45) is 11.8 Å². The van der Waals surface area contributed by atoms with Crippen LogP contribution < -0.4 is 10.9 Å². The van der Waals surface area contributed by atoms with E-state index in [9.17, 15) is 14.4 Å². The van der Waals surface area contributed by atoms with E-state index in [4.69, 9.17) is 4.74 Å². The van der Waals surface area contributed by atoms with E-state index in [2.05, 4.69) is 17.2 Å². The van der Waals surface area contributed by atoms with E-state index < -0.39 is 17.9 Å². The quantitative estimate of drug-likeness (QED) is 0.745. The van der Waals surface area contributed by atoms with Crippen molar-refractivity contribution in [2.75, 3.05) is 7.11 Å². The molecule has 0 radical (unpaired) electrons. The minimum absolute atomic E-state index is 0.0698. The molecule has 2 heterocycles. The number of carbonyl (C=O) groups is 2. The van der Waals surface area contributed by atoms with Gasteiger partial charge in [0.2, 0.25) is 5.91 Å².